The van der Waals surface area contributed by atoms with Crippen LogP contribution in [0.25, 0.3) is 0 Å². The molecule has 0 spiro atoms. The lowest BCUT2D eigenvalue weighted by atomic mass is 10.2. The summed E-state index contributed by atoms with van der Waals surface area (Å²) in [6.45, 7) is 7.63. The SMILES string of the molecule is CCCCCCNC(=O)Nc1ccc(OCC(O)CNC(C)C)cc1. The van der Waals surface area contributed by atoms with Crippen LogP contribution in [-0.4, -0.2) is 43.0 Å². The number of aliphatic hydroxyl groups is 1. The van der Waals surface area contributed by atoms with Crippen LogP contribution in [0.15, 0.2) is 24.3 Å². The molecule has 0 saturated heterocycles. The van der Waals surface area contributed by atoms with Crippen LogP contribution < -0.4 is 20.7 Å². The first-order chi connectivity index (χ1) is 12.0. The normalized spacial score (nSPS) is 12.0. The largest absolute Gasteiger partial charge is 0.491 e. The molecule has 0 aromatic heterocycles. The second-order valence-electron chi connectivity index (χ2n) is 6.49. The third-order valence-electron chi connectivity index (χ3n) is 3.63. The molecule has 0 radical (unpaired) electrons. The first-order valence-corrected chi connectivity index (χ1v) is 9.20. The van der Waals surface area contributed by atoms with E-state index in [0.717, 1.165) is 12.8 Å². The summed E-state index contributed by atoms with van der Waals surface area (Å²) in [6, 6.07) is 7.26. The van der Waals surface area contributed by atoms with Gasteiger partial charge in [0.1, 0.15) is 18.5 Å². The van der Waals surface area contributed by atoms with Crippen molar-refractivity contribution in [2.24, 2.45) is 0 Å². The zero-order chi connectivity index (χ0) is 18.5. The lowest BCUT2D eigenvalue weighted by molar-refractivity contribution is 0.104. The van der Waals surface area contributed by atoms with Crippen molar-refractivity contribution in [3.8, 4) is 5.75 Å². The fourth-order valence-corrected chi connectivity index (χ4v) is 2.19. The molecule has 1 aromatic carbocycles. The Labute approximate surface area is 151 Å². The fraction of sp³-hybridized carbons (Fsp3) is 0.632. The van der Waals surface area contributed by atoms with Gasteiger partial charge in [-0.2, -0.15) is 0 Å². The smallest absolute Gasteiger partial charge is 0.319 e. The zero-order valence-electron chi connectivity index (χ0n) is 15.7. The van der Waals surface area contributed by atoms with E-state index in [4.69, 9.17) is 4.74 Å². The Morgan fingerprint density at radius 2 is 1.88 bits per heavy atom. The molecule has 4 N–H and O–H groups in total. The molecule has 0 fully saturated rings. The Bertz CT molecular complexity index is 477. The minimum absolute atomic E-state index is 0.194. The molecule has 1 aromatic rings. The Morgan fingerprint density at radius 1 is 1.16 bits per heavy atom. The van der Waals surface area contributed by atoms with E-state index in [-0.39, 0.29) is 12.6 Å². The van der Waals surface area contributed by atoms with Crippen LogP contribution in [0, 0.1) is 0 Å². The summed E-state index contributed by atoms with van der Waals surface area (Å²) >= 11 is 0. The number of carbonyl (C=O) groups is 1. The average molecular weight is 351 g/mol. The molecule has 0 saturated carbocycles. The topological polar surface area (TPSA) is 82.6 Å². The van der Waals surface area contributed by atoms with Gasteiger partial charge in [-0.25, -0.2) is 4.79 Å². The van der Waals surface area contributed by atoms with E-state index in [0.29, 0.717) is 30.6 Å². The highest BCUT2D eigenvalue weighted by Crippen LogP contribution is 2.15. The molecule has 0 heterocycles. The molecular formula is C19H33N3O3. The minimum atomic E-state index is -0.557. The summed E-state index contributed by atoms with van der Waals surface area (Å²) < 4.78 is 5.54. The summed E-state index contributed by atoms with van der Waals surface area (Å²) in [5, 5.41) is 18.6. The monoisotopic (exact) mass is 351 g/mol. The van der Waals surface area contributed by atoms with E-state index in [1.165, 1.54) is 12.8 Å². The van der Waals surface area contributed by atoms with Crippen molar-refractivity contribution in [2.75, 3.05) is 25.0 Å². The Morgan fingerprint density at radius 3 is 2.52 bits per heavy atom. The van der Waals surface area contributed by atoms with Crippen molar-refractivity contribution in [2.45, 2.75) is 58.6 Å². The van der Waals surface area contributed by atoms with E-state index in [9.17, 15) is 9.90 Å². The number of anilines is 1. The Kier molecular flexibility index (Phi) is 10.7. The summed E-state index contributed by atoms with van der Waals surface area (Å²) in [5.41, 5.74) is 0.709. The predicted molar refractivity (Wildman–Crippen MR) is 102 cm³/mol. The molecule has 0 bridgehead atoms. The highest BCUT2D eigenvalue weighted by atomic mass is 16.5. The van der Waals surface area contributed by atoms with Crippen LogP contribution in [-0.2, 0) is 0 Å². The molecule has 2 amide bonds. The number of ether oxygens (including phenoxy) is 1. The second-order valence-corrected chi connectivity index (χ2v) is 6.49. The number of benzene rings is 1. The Hall–Kier alpha value is -1.79. The van der Waals surface area contributed by atoms with Crippen molar-refractivity contribution in [3.05, 3.63) is 24.3 Å². The molecule has 0 aliphatic rings. The fourth-order valence-electron chi connectivity index (χ4n) is 2.19. The lowest BCUT2D eigenvalue weighted by Crippen LogP contribution is -2.35. The molecule has 142 valence electrons. The van der Waals surface area contributed by atoms with Crippen LogP contribution in [0.1, 0.15) is 46.5 Å². The maximum atomic E-state index is 11.8. The van der Waals surface area contributed by atoms with Crippen molar-refractivity contribution in [1.29, 1.82) is 0 Å². The third kappa shape index (κ3) is 10.6. The van der Waals surface area contributed by atoms with E-state index in [1.54, 1.807) is 24.3 Å². The molecule has 1 atom stereocenters. The maximum Gasteiger partial charge on any atom is 0.319 e. The van der Waals surface area contributed by atoms with Crippen LogP contribution >= 0.6 is 0 Å². The number of amides is 2. The standard InChI is InChI=1S/C19H33N3O3/c1-4-5-6-7-12-20-19(24)22-16-8-10-18(11-9-16)25-14-17(23)13-21-15(2)3/h8-11,15,17,21,23H,4-7,12-14H2,1-3H3,(H2,20,22,24). The number of urea groups is 1. The van der Waals surface area contributed by atoms with Gasteiger partial charge in [0, 0.05) is 24.8 Å². The summed E-state index contributed by atoms with van der Waals surface area (Å²) in [7, 11) is 0. The third-order valence-corrected chi connectivity index (χ3v) is 3.63. The van der Waals surface area contributed by atoms with Crippen LogP contribution in [0.4, 0.5) is 10.5 Å². The number of unbranched alkanes of at least 4 members (excludes halogenated alkanes) is 3. The lowest BCUT2D eigenvalue weighted by Gasteiger charge is -2.15. The molecule has 25 heavy (non-hydrogen) atoms. The van der Waals surface area contributed by atoms with Gasteiger partial charge in [0.15, 0.2) is 0 Å². The first-order valence-electron chi connectivity index (χ1n) is 9.20. The molecule has 1 rings (SSSR count). The Balaban J connectivity index is 2.25. The van der Waals surface area contributed by atoms with Crippen LogP contribution in [0.3, 0.4) is 0 Å². The maximum absolute atomic E-state index is 11.8. The van der Waals surface area contributed by atoms with Gasteiger partial charge in [0.05, 0.1) is 0 Å². The molecule has 6 nitrogen and oxygen atoms in total. The number of nitrogens with one attached hydrogen (secondary N) is 3. The number of aliphatic hydroxyl groups excluding tert-OH is 1. The number of carbonyl (C=O) groups excluding carboxylic acids is 1. The molecule has 0 aliphatic carbocycles. The van der Waals surface area contributed by atoms with Crippen molar-refractivity contribution in [3.63, 3.8) is 0 Å². The summed E-state index contributed by atoms with van der Waals surface area (Å²) in [5.74, 6) is 0.661. The van der Waals surface area contributed by atoms with Crippen molar-refractivity contribution in [1.82, 2.24) is 10.6 Å². The quantitative estimate of drug-likeness (QED) is 0.436. The van der Waals surface area contributed by atoms with E-state index < -0.39 is 6.10 Å². The van der Waals surface area contributed by atoms with E-state index >= 15 is 0 Å². The second kappa shape index (κ2) is 12.6. The van der Waals surface area contributed by atoms with Crippen molar-refractivity contribution < 1.29 is 14.6 Å². The van der Waals surface area contributed by atoms with E-state index in [1.807, 2.05) is 13.8 Å². The number of hydrogen-bond acceptors (Lipinski definition) is 4. The molecule has 6 heteroatoms. The minimum Gasteiger partial charge on any atom is -0.491 e. The highest BCUT2D eigenvalue weighted by molar-refractivity contribution is 5.89. The predicted octanol–water partition coefficient (Wildman–Crippen LogP) is 3.13. The summed E-state index contributed by atoms with van der Waals surface area (Å²) in [6.07, 6.45) is 3.97. The van der Waals surface area contributed by atoms with Crippen molar-refractivity contribution >= 4 is 11.7 Å². The first kappa shape index (κ1) is 21.3. The van der Waals surface area contributed by atoms with Gasteiger partial charge in [0.25, 0.3) is 0 Å². The molecular weight excluding hydrogens is 318 g/mol. The van der Waals surface area contributed by atoms with E-state index in [2.05, 4.69) is 22.9 Å². The van der Waals surface area contributed by atoms with Gasteiger partial charge < -0.3 is 25.8 Å². The van der Waals surface area contributed by atoms with Crippen LogP contribution in [0.2, 0.25) is 0 Å². The highest BCUT2D eigenvalue weighted by Gasteiger charge is 2.06. The number of hydrogen-bond donors (Lipinski definition) is 4. The van der Waals surface area contributed by atoms with Gasteiger partial charge in [-0.15, -0.1) is 0 Å². The molecule has 1 unspecified atom stereocenters. The van der Waals surface area contributed by atoms with Crippen LogP contribution in [0.5, 0.6) is 5.75 Å². The average Bonchev–Trinajstić information content (AvgIpc) is 2.59. The molecule has 0 aliphatic heterocycles. The summed E-state index contributed by atoms with van der Waals surface area (Å²) in [4.78, 5) is 11.8. The number of rotatable bonds is 12. The van der Waals surface area contributed by atoms with Gasteiger partial charge in [0.2, 0.25) is 0 Å². The van der Waals surface area contributed by atoms with Gasteiger partial charge >= 0.3 is 6.03 Å². The zero-order valence-corrected chi connectivity index (χ0v) is 15.7. The van der Waals surface area contributed by atoms with Gasteiger partial charge in [-0.05, 0) is 30.7 Å². The van der Waals surface area contributed by atoms with Gasteiger partial charge in [-0.1, -0.05) is 40.0 Å². The van der Waals surface area contributed by atoms with Gasteiger partial charge in [-0.3, -0.25) is 0 Å².